The summed E-state index contributed by atoms with van der Waals surface area (Å²) in [4.78, 5) is 15.1. The van der Waals surface area contributed by atoms with E-state index in [2.05, 4.69) is 5.32 Å². The molecule has 14 heteroatoms. The van der Waals surface area contributed by atoms with Crippen LogP contribution in [-0.2, 0) is 20.0 Å². The van der Waals surface area contributed by atoms with Crippen molar-refractivity contribution in [2.75, 3.05) is 67.2 Å². The summed E-state index contributed by atoms with van der Waals surface area (Å²) in [6.07, 6.45) is 1.05. The van der Waals surface area contributed by atoms with Crippen LogP contribution in [0, 0.1) is 0 Å². The molecule has 0 spiro atoms. The van der Waals surface area contributed by atoms with Gasteiger partial charge in [-0.2, -0.15) is 4.31 Å². The Balaban J connectivity index is 1.42. The first-order valence-corrected chi connectivity index (χ1v) is 16.4. The van der Waals surface area contributed by atoms with E-state index < -0.39 is 26.0 Å². The van der Waals surface area contributed by atoms with Crippen LogP contribution in [0.5, 0.6) is 5.75 Å². The zero-order chi connectivity index (χ0) is 29.8. The third-order valence-corrected chi connectivity index (χ3v) is 9.90. The molecule has 11 nitrogen and oxygen atoms in total. The number of nitrogens with two attached hydrogens (primary N) is 1. The summed E-state index contributed by atoms with van der Waals surface area (Å²) in [6, 6.07) is 17.6. The van der Waals surface area contributed by atoms with Gasteiger partial charge in [-0.3, -0.25) is 9.10 Å². The number of carbonyl (C=O) groups excluding carboxylic acids is 1. The SMILES string of the molecule is CN(c1ccccc1C(=O)Nc1ccc(S(=O)(=O)N2CCN(c3cc(Cl)cc(OCCN)c3)CC2)cc1)S(C)(=O)=O. The van der Waals surface area contributed by atoms with Crippen molar-refractivity contribution in [3.05, 3.63) is 77.3 Å². The average molecular weight is 622 g/mol. The maximum Gasteiger partial charge on any atom is 0.257 e. The zero-order valence-corrected chi connectivity index (χ0v) is 25.0. The quantitative estimate of drug-likeness (QED) is 0.352. The highest BCUT2D eigenvalue weighted by Gasteiger charge is 2.29. The monoisotopic (exact) mass is 621 g/mol. The molecule has 0 aromatic heterocycles. The fourth-order valence-corrected chi connectivity index (χ4v) is 6.51. The van der Waals surface area contributed by atoms with Gasteiger partial charge in [-0.25, -0.2) is 16.8 Å². The second kappa shape index (κ2) is 12.7. The topological polar surface area (TPSA) is 142 Å². The Morgan fingerprint density at radius 1 is 1.00 bits per heavy atom. The highest BCUT2D eigenvalue weighted by atomic mass is 35.5. The molecule has 1 amide bonds. The number of nitrogens with one attached hydrogen (secondary N) is 1. The zero-order valence-electron chi connectivity index (χ0n) is 22.7. The van der Waals surface area contributed by atoms with E-state index in [-0.39, 0.29) is 29.2 Å². The highest BCUT2D eigenvalue weighted by Crippen LogP contribution is 2.29. The summed E-state index contributed by atoms with van der Waals surface area (Å²) in [7, 11) is -5.99. The number of sulfonamides is 2. The van der Waals surface area contributed by atoms with Crippen molar-refractivity contribution in [2.24, 2.45) is 5.73 Å². The first-order chi connectivity index (χ1) is 19.4. The number of nitrogens with zero attached hydrogens (tertiary/aromatic N) is 3. The Bertz CT molecular complexity index is 1610. The van der Waals surface area contributed by atoms with E-state index in [1.807, 2.05) is 17.0 Å². The molecule has 0 unspecified atom stereocenters. The van der Waals surface area contributed by atoms with Gasteiger partial charge in [0.25, 0.3) is 5.91 Å². The van der Waals surface area contributed by atoms with Gasteiger partial charge in [0.15, 0.2) is 0 Å². The van der Waals surface area contributed by atoms with E-state index in [0.29, 0.717) is 42.7 Å². The molecule has 220 valence electrons. The summed E-state index contributed by atoms with van der Waals surface area (Å²) >= 11 is 6.25. The van der Waals surface area contributed by atoms with Crippen LogP contribution in [-0.4, -0.2) is 79.7 Å². The van der Waals surface area contributed by atoms with Gasteiger partial charge >= 0.3 is 0 Å². The van der Waals surface area contributed by atoms with Crippen molar-refractivity contribution in [3.8, 4) is 5.75 Å². The summed E-state index contributed by atoms with van der Waals surface area (Å²) in [5, 5.41) is 3.22. The van der Waals surface area contributed by atoms with Gasteiger partial charge in [0.2, 0.25) is 20.0 Å². The lowest BCUT2D eigenvalue weighted by atomic mass is 10.1. The molecule has 1 aliphatic rings. The number of halogens is 1. The minimum atomic E-state index is -3.77. The lowest BCUT2D eigenvalue weighted by Crippen LogP contribution is -2.48. The molecule has 0 bridgehead atoms. The third-order valence-electron chi connectivity index (χ3n) is 6.58. The van der Waals surface area contributed by atoms with Gasteiger partial charge in [0, 0.05) is 62.2 Å². The Morgan fingerprint density at radius 3 is 2.29 bits per heavy atom. The van der Waals surface area contributed by atoms with E-state index in [1.165, 1.54) is 47.8 Å². The molecular weight excluding hydrogens is 590 g/mol. The van der Waals surface area contributed by atoms with Gasteiger partial charge < -0.3 is 20.7 Å². The lowest BCUT2D eigenvalue weighted by Gasteiger charge is -2.35. The molecule has 41 heavy (non-hydrogen) atoms. The summed E-state index contributed by atoms with van der Waals surface area (Å²) in [6.45, 7) is 2.22. The lowest BCUT2D eigenvalue weighted by molar-refractivity contribution is 0.102. The van der Waals surface area contributed by atoms with Crippen LogP contribution in [0.2, 0.25) is 5.02 Å². The molecular formula is C27H32ClN5O6S2. The third kappa shape index (κ3) is 7.29. The van der Waals surface area contributed by atoms with Crippen LogP contribution >= 0.6 is 11.6 Å². The minimum absolute atomic E-state index is 0.0985. The number of hydrogen-bond donors (Lipinski definition) is 2. The number of rotatable bonds is 10. The molecule has 3 aromatic carbocycles. The predicted molar refractivity (Wildman–Crippen MR) is 161 cm³/mol. The molecule has 1 heterocycles. The fourth-order valence-electron chi connectivity index (χ4n) is 4.35. The van der Waals surface area contributed by atoms with Gasteiger partial charge in [0.05, 0.1) is 22.4 Å². The summed E-state index contributed by atoms with van der Waals surface area (Å²) in [5.41, 5.74) is 7.10. The van der Waals surface area contributed by atoms with Crippen LogP contribution in [0.1, 0.15) is 10.4 Å². The van der Waals surface area contributed by atoms with Crippen molar-refractivity contribution >= 4 is 54.6 Å². The summed E-state index contributed by atoms with van der Waals surface area (Å²) < 4.78 is 58.7. The maximum absolute atomic E-state index is 13.3. The largest absolute Gasteiger partial charge is 0.492 e. The van der Waals surface area contributed by atoms with Crippen LogP contribution < -0.4 is 25.0 Å². The normalized spacial score (nSPS) is 14.5. The van der Waals surface area contributed by atoms with E-state index in [1.54, 1.807) is 18.2 Å². The molecule has 3 aromatic rings. The number of amides is 1. The molecule has 1 saturated heterocycles. The highest BCUT2D eigenvalue weighted by molar-refractivity contribution is 7.92. The molecule has 1 fully saturated rings. The van der Waals surface area contributed by atoms with Crippen LogP contribution in [0.3, 0.4) is 0 Å². The number of ether oxygens (including phenoxy) is 1. The fraction of sp³-hybridized carbons (Fsp3) is 0.296. The van der Waals surface area contributed by atoms with Gasteiger partial charge in [-0.05, 0) is 48.5 Å². The second-order valence-electron chi connectivity index (χ2n) is 9.40. The first kappa shape index (κ1) is 30.6. The first-order valence-electron chi connectivity index (χ1n) is 12.7. The number of carbonyl (C=O) groups is 1. The smallest absolute Gasteiger partial charge is 0.257 e. The molecule has 1 aliphatic heterocycles. The minimum Gasteiger partial charge on any atom is -0.492 e. The van der Waals surface area contributed by atoms with Gasteiger partial charge in [0.1, 0.15) is 12.4 Å². The molecule has 0 radical (unpaired) electrons. The van der Waals surface area contributed by atoms with Crippen molar-refractivity contribution in [3.63, 3.8) is 0 Å². The Morgan fingerprint density at radius 2 is 1.66 bits per heavy atom. The average Bonchev–Trinajstić information content (AvgIpc) is 2.95. The Labute approximate surface area is 245 Å². The van der Waals surface area contributed by atoms with Gasteiger partial charge in [-0.15, -0.1) is 0 Å². The van der Waals surface area contributed by atoms with Gasteiger partial charge in [-0.1, -0.05) is 23.7 Å². The summed E-state index contributed by atoms with van der Waals surface area (Å²) in [5.74, 6) is 0.0755. The molecule has 4 rings (SSSR count). The van der Waals surface area contributed by atoms with E-state index in [4.69, 9.17) is 22.1 Å². The van der Waals surface area contributed by atoms with Crippen LogP contribution in [0.25, 0.3) is 0 Å². The molecule has 3 N–H and O–H groups in total. The van der Waals surface area contributed by atoms with Crippen molar-refractivity contribution in [2.45, 2.75) is 4.90 Å². The number of para-hydroxylation sites is 1. The predicted octanol–water partition coefficient (Wildman–Crippen LogP) is 2.84. The Hall–Kier alpha value is -3.36. The standard InChI is InChI=1S/C27H32ClN5O6S2/c1-31(40(2,35)36)26-6-4-3-5-25(26)27(34)30-21-7-9-24(10-8-21)41(37,38)33-14-12-32(13-15-33)22-17-20(28)18-23(19-22)39-16-11-29/h3-10,17-19H,11-16,29H2,1-2H3,(H,30,34). The van der Waals surface area contributed by atoms with Crippen LogP contribution in [0.15, 0.2) is 71.6 Å². The number of anilines is 3. The van der Waals surface area contributed by atoms with Crippen molar-refractivity contribution < 1.29 is 26.4 Å². The Kier molecular flexibility index (Phi) is 9.44. The van der Waals surface area contributed by atoms with E-state index in [9.17, 15) is 21.6 Å². The number of hydrogen-bond acceptors (Lipinski definition) is 8. The maximum atomic E-state index is 13.3. The van der Waals surface area contributed by atoms with Crippen molar-refractivity contribution in [1.29, 1.82) is 0 Å². The number of benzene rings is 3. The molecule has 0 aliphatic carbocycles. The van der Waals surface area contributed by atoms with E-state index >= 15 is 0 Å². The second-order valence-corrected chi connectivity index (χ2v) is 13.8. The number of piperazine rings is 1. The molecule has 0 atom stereocenters. The van der Waals surface area contributed by atoms with E-state index in [0.717, 1.165) is 16.2 Å². The van der Waals surface area contributed by atoms with Crippen molar-refractivity contribution in [1.82, 2.24) is 4.31 Å². The molecule has 0 saturated carbocycles. The van der Waals surface area contributed by atoms with Crippen LogP contribution in [0.4, 0.5) is 17.1 Å².